The summed E-state index contributed by atoms with van der Waals surface area (Å²) < 4.78 is 17.6. The van der Waals surface area contributed by atoms with Crippen molar-refractivity contribution in [3.05, 3.63) is 23.9 Å². The fourth-order valence-electron chi connectivity index (χ4n) is 2.84. The lowest BCUT2D eigenvalue weighted by Gasteiger charge is -2.32. The molecule has 21 heavy (non-hydrogen) atoms. The maximum absolute atomic E-state index is 6.08. The molecule has 2 saturated heterocycles. The topological polar surface area (TPSA) is 40.6 Å². The van der Waals surface area contributed by atoms with Gasteiger partial charge >= 0.3 is 7.12 Å². The van der Waals surface area contributed by atoms with Gasteiger partial charge in [-0.1, -0.05) is 0 Å². The Morgan fingerprint density at radius 2 is 1.71 bits per heavy atom. The molecule has 3 rings (SSSR count). The highest BCUT2D eigenvalue weighted by Crippen LogP contribution is 2.36. The minimum absolute atomic E-state index is 0.325. The van der Waals surface area contributed by atoms with E-state index in [2.05, 4.69) is 44.8 Å². The molecular weight excluding hydrogens is 265 g/mol. The first-order valence-electron chi connectivity index (χ1n) is 7.78. The van der Waals surface area contributed by atoms with E-state index in [9.17, 15) is 0 Å². The number of aromatic nitrogens is 1. The molecule has 0 N–H and O–H groups in total. The van der Waals surface area contributed by atoms with E-state index in [-0.39, 0.29) is 18.3 Å². The Bertz CT molecular complexity index is 496. The molecule has 2 aliphatic rings. The summed E-state index contributed by atoms with van der Waals surface area (Å²) in [5.74, 6) is 0.558. The van der Waals surface area contributed by atoms with Gasteiger partial charge in [-0.15, -0.1) is 0 Å². The van der Waals surface area contributed by atoms with E-state index in [1.54, 1.807) is 0 Å². The van der Waals surface area contributed by atoms with Gasteiger partial charge < -0.3 is 14.0 Å². The Labute approximate surface area is 127 Å². The molecule has 2 fully saturated rings. The second kappa shape index (κ2) is 5.38. The number of rotatable bonds is 2. The zero-order valence-electron chi connectivity index (χ0n) is 13.4. The standard InChI is InChI=1S/C16H24BNO3/c1-15(2)16(3,4)21-17(20-15)14-11-13(5-8-18-14)12-6-9-19-10-7-12/h5,8,11-12H,6-7,9-10H2,1-4H3. The number of hydrogen-bond acceptors (Lipinski definition) is 4. The van der Waals surface area contributed by atoms with Crippen LogP contribution >= 0.6 is 0 Å². The van der Waals surface area contributed by atoms with Crippen LogP contribution in [-0.4, -0.2) is 36.5 Å². The Hall–Kier alpha value is -0.905. The Morgan fingerprint density at radius 3 is 2.33 bits per heavy atom. The van der Waals surface area contributed by atoms with E-state index in [0.29, 0.717) is 5.92 Å². The number of hydrogen-bond donors (Lipinski definition) is 0. The minimum Gasteiger partial charge on any atom is -0.398 e. The van der Waals surface area contributed by atoms with Gasteiger partial charge in [-0.2, -0.15) is 0 Å². The molecule has 0 atom stereocenters. The van der Waals surface area contributed by atoms with Crippen LogP contribution in [0.2, 0.25) is 0 Å². The maximum atomic E-state index is 6.08. The third-order valence-electron chi connectivity index (χ3n) is 4.99. The lowest BCUT2D eigenvalue weighted by molar-refractivity contribution is 0.00578. The molecule has 0 radical (unpaired) electrons. The van der Waals surface area contributed by atoms with Gasteiger partial charge in [0.25, 0.3) is 0 Å². The molecule has 0 bridgehead atoms. The van der Waals surface area contributed by atoms with Crippen LogP contribution in [-0.2, 0) is 14.0 Å². The number of nitrogens with zero attached hydrogens (tertiary/aromatic N) is 1. The van der Waals surface area contributed by atoms with Crippen molar-refractivity contribution in [2.24, 2.45) is 0 Å². The molecule has 1 aromatic heterocycles. The van der Waals surface area contributed by atoms with Crippen molar-refractivity contribution in [3.8, 4) is 0 Å². The van der Waals surface area contributed by atoms with E-state index >= 15 is 0 Å². The van der Waals surface area contributed by atoms with Crippen LogP contribution in [0.1, 0.15) is 52.0 Å². The lowest BCUT2D eigenvalue weighted by atomic mass is 9.81. The first kappa shape index (κ1) is 15.0. The van der Waals surface area contributed by atoms with Gasteiger partial charge in [0.2, 0.25) is 0 Å². The summed E-state index contributed by atoms with van der Waals surface area (Å²) in [6.45, 7) is 9.95. The monoisotopic (exact) mass is 289 g/mol. The third kappa shape index (κ3) is 2.87. The average molecular weight is 289 g/mol. The number of pyridine rings is 1. The summed E-state index contributed by atoms with van der Waals surface area (Å²) in [5.41, 5.74) is 1.54. The molecule has 4 nitrogen and oxygen atoms in total. The highest BCUT2D eigenvalue weighted by atomic mass is 16.7. The summed E-state index contributed by atoms with van der Waals surface area (Å²) in [5, 5.41) is 0. The van der Waals surface area contributed by atoms with Gasteiger partial charge in [-0.25, -0.2) is 0 Å². The van der Waals surface area contributed by atoms with Crippen LogP contribution in [0.5, 0.6) is 0 Å². The molecule has 0 unspecified atom stereocenters. The highest BCUT2D eigenvalue weighted by Gasteiger charge is 2.52. The van der Waals surface area contributed by atoms with Crippen molar-refractivity contribution < 1.29 is 14.0 Å². The zero-order chi connectivity index (χ0) is 15.1. The van der Waals surface area contributed by atoms with Crippen molar-refractivity contribution in [1.29, 1.82) is 0 Å². The average Bonchev–Trinajstić information content (AvgIpc) is 2.69. The fraction of sp³-hybridized carbons (Fsp3) is 0.688. The van der Waals surface area contributed by atoms with Gasteiger partial charge in [0.15, 0.2) is 0 Å². The summed E-state index contributed by atoms with van der Waals surface area (Å²) in [6.07, 6.45) is 4.02. The molecular formula is C16H24BNO3. The minimum atomic E-state index is -0.380. The van der Waals surface area contributed by atoms with Crippen LogP contribution in [0.15, 0.2) is 18.3 Å². The molecule has 2 aliphatic heterocycles. The van der Waals surface area contributed by atoms with E-state index in [1.165, 1.54) is 5.56 Å². The smallest absolute Gasteiger partial charge is 0.398 e. The summed E-state index contributed by atoms with van der Waals surface area (Å²) >= 11 is 0. The Balaban J connectivity index is 1.81. The zero-order valence-corrected chi connectivity index (χ0v) is 13.4. The maximum Gasteiger partial charge on any atom is 0.514 e. The molecule has 0 aromatic carbocycles. The van der Waals surface area contributed by atoms with Crippen molar-refractivity contribution in [3.63, 3.8) is 0 Å². The normalized spacial score (nSPS) is 25.2. The van der Waals surface area contributed by atoms with Crippen LogP contribution in [0, 0.1) is 0 Å². The van der Waals surface area contributed by atoms with Crippen molar-refractivity contribution in [2.75, 3.05) is 13.2 Å². The quantitative estimate of drug-likeness (QED) is 0.783. The van der Waals surface area contributed by atoms with Crippen LogP contribution in [0.4, 0.5) is 0 Å². The van der Waals surface area contributed by atoms with Gasteiger partial charge in [-0.3, -0.25) is 4.98 Å². The van der Waals surface area contributed by atoms with Gasteiger partial charge in [-0.05, 0) is 64.2 Å². The number of ether oxygens (including phenoxy) is 1. The summed E-state index contributed by atoms with van der Waals surface area (Å²) in [6, 6.07) is 4.24. The van der Waals surface area contributed by atoms with Gasteiger partial charge in [0.1, 0.15) is 0 Å². The largest absolute Gasteiger partial charge is 0.514 e. The van der Waals surface area contributed by atoms with Gasteiger partial charge in [0.05, 0.1) is 16.8 Å². The van der Waals surface area contributed by atoms with E-state index in [4.69, 9.17) is 14.0 Å². The van der Waals surface area contributed by atoms with Crippen LogP contribution in [0.3, 0.4) is 0 Å². The summed E-state index contributed by atoms with van der Waals surface area (Å²) in [7, 11) is -0.380. The molecule has 0 amide bonds. The molecule has 0 aliphatic carbocycles. The second-order valence-electron chi connectivity index (χ2n) is 6.99. The van der Waals surface area contributed by atoms with E-state index in [1.807, 2.05) is 6.20 Å². The predicted molar refractivity (Wildman–Crippen MR) is 82.7 cm³/mol. The lowest BCUT2D eigenvalue weighted by Crippen LogP contribution is -2.41. The van der Waals surface area contributed by atoms with Crippen LogP contribution < -0.4 is 5.59 Å². The third-order valence-corrected chi connectivity index (χ3v) is 4.99. The van der Waals surface area contributed by atoms with Crippen molar-refractivity contribution in [2.45, 2.75) is 57.7 Å². The van der Waals surface area contributed by atoms with Crippen molar-refractivity contribution in [1.82, 2.24) is 4.98 Å². The SMILES string of the molecule is CC1(C)OB(c2cc(C3CCOCC3)ccn2)OC1(C)C. The van der Waals surface area contributed by atoms with E-state index < -0.39 is 0 Å². The van der Waals surface area contributed by atoms with Crippen LogP contribution in [0.25, 0.3) is 0 Å². The molecule has 3 heterocycles. The Morgan fingerprint density at radius 1 is 1.10 bits per heavy atom. The van der Waals surface area contributed by atoms with Gasteiger partial charge in [0, 0.05) is 19.4 Å². The first-order chi connectivity index (χ1) is 9.89. The second-order valence-corrected chi connectivity index (χ2v) is 6.99. The van der Waals surface area contributed by atoms with Crippen molar-refractivity contribution >= 4 is 12.7 Å². The molecule has 1 aromatic rings. The predicted octanol–water partition coefficient (Wildman–Crippen LogP) is 2.27. The molecule has 0 saturated carbocycles. The summed E-state index contributed by atoms with van der Waals surface area (Å²) in [4.78, 5) is 4.47. The highest BCUT2D eigenvalue weighted by molar-refractivity contribution is 6.61. The first-order valence-corrected chi connectivity index (χ1v) is 7.78. The van der Waals surface area contributed by atoms with E-state index in [0.717, 1.165) is 31.6 Å². The Kier molecular flexibility index (Phi) is 3.84. The fourth-order valence-corrected chi connectivity index (χ4v) is 2.84. The molecule has 5 heteroatoms. The molecule has 114 valence electrons. The molecule has 0 spiro atoms.